The molecule has 0 saturated carbocycles. The quantitative estimate of drug-likeness (QED) is 0.0196. The van der Waals surface area contributed by atoms with E-state index >= 15 is 0 Å². The lowest BCUT2D eigenvalue weighted by Gasteiger charge is -2.40. The lowest BCUT2D eigenvalue weighted by atomic mass is 9.99. The van der Waals surface area contributed by atoms with E-state index < -0.39 is 49.5 Å². The van der Waals surface area contributed by atoms with Crippen LogP contribution in [0.4, 0.5) is 0 Å². The molecule has 1 amide bonds. The molecule has 1 aliphatic heterocycles. The fourth-order valence-corrected chi connectivity index (χ4v) is 8.60. The first-order valence-corrected chi connectivity index (χ1v) is 28.4. The summed E-state index contributed by atoms with van der Waals surface area (Å²) < 4.78 is 16.6. The number of carbonyl (C=O) groups excluding carboxylic acids is 2. The van der Waals surface area contributed by atoms with E-state index in [-0.39, 0.29) is 24.9 Å². The summed E-state index contributed by atoms with van der Waals surface area (Å²) in [6, 6.07) is -0.853. The molecule has 0 bridgehead atoms. The topological polar surface area (TPSA) is 175 Å². The minimum atomic E-state index is -1.59. The number of amides is 1. The Morgan fingerprint density at radius 3 is 1.51 bits per heavy atom. The Morgan fingerprint density at radius 1 is 0.536 bits per heavy atom. The second-order valence-corrected chi connectivity index (χ2v) is 19.6. The average molecular weight is 976 g/mol. The van der Waals surface area contributed by atoms with E-state index in [1.807, 2.05) is 18.2 Å². The largest absolute Gasteiger partial charge is 0.466 e. The van der Waals surface area contributed by atoms with Crippen molar-refractivity contribution in [2.24, 2.45) is 0 Å². The lowest BCUT2D eigenvalue weighted by molar-refractivity contribution is -0.302. The van der Waals surface area contributed by atoms with Crippen molar-refractivity contribution in [3.8, 4) is 0 Å². The molecule has 0 aromatic rings. The Hall–Kier alpha value is -2.38. The van der Waals surface area contributed by atoms with Gasteiger partial charge in [0, 0.05) is 12.8 Å². The molecule has 69 heavy (non-hydrogen) atoms. The molecule has 0 spiro atoms. The van der Waals surface area contributed by atoms with Gasteiger partial charge in [-0.1, -0.05) is 204 Å². The monoisotopic (exact) mass is 976 g/mol. The minimum absolute atomic E-state index is 0.0406. The smallest absolute Gasteiger partial charge is 0.305 e. The van der Waals surface area contributed by atoms with Crippen LogP contribution in [-0.4, -0.2) is 100 Å². The first kappa shape index (κ1) is 64.6. The molecular weight excluding hydrogens is 871 g/mol. The highest BCUT2D eigenvalue weighted by Crippen LogP contribution is 2.23. The van der Waals surface area contributed by atoms with Gasteiger partial charge < -0.3 is 45.1 Å². The van der Waals surface area contributed by atoms with Crippen LogP contribution in [0, 0.1) is 0 Å². The molecular formula is C58H105NO10. The van der Waals surface area contributed by atoms with Gasteiger partial charge in [0.15, 0.2) is 6.29 Å². The molecule has 1 fully saturated rings. The van der Waals surface area contributed by atoms with Gasteiger partial charge in [0.05, 0.1) is 32.0 Å². The van der Waals surface area contributed by atoms with Gasteiger partial charge in [0.2, 0.25) is 5.91 Å². The van der Waals surface area contributed by atoms with Gasteiger partial charge in [0.25, 0.3) is 0 Å². The molecule has 1 saturated heterocycles. The zero-order chi connectivity index (χ0) is 50.3. The third kappa shape index (κ3) is 38.0. The minimum Gasteiger partial charge on any atom is -0.466 e. The molecule has 1 heterocycles. The Kier molecular flexibility index (Phi) is 44.9. The molecule has 11 nitrogen and oxygen atoms in total. The maximum Gasteiger partial charge on any atom is 0.305 e. The van der Waals surface area contributed by atoms with Crippen LogP contribution < -0.4 is 5.32 Å². The number of allylic oxidation sites excluding steroid dienone is 7. The molecule has 1 rings (SSSR count). The number of aliphatic hydroxyl groups is 5. The second kappa shape index (κ2) is 47.9. The van der Waals surface area contributed by atoms with Crippen LogP contribution in [0.5, 0.6) is 0 Å². The van der Waals surface area contributed by atoms with Crippen LogP contribution in [-0.2, 0) is 23.8 Å². The summed E-state index contributed by atoms with van der Waals surface area (Å²) >= 11 is 0. The highest BCUT2D eigenvalue weighted by Gasteiger charge is 2.44. The fourth-order valence-electron chi connectivity index (χ4n) is 8.60. The predicted molar refractivity (Wildman–Crippen MR) is 283 cm³/mol. The van der Waals surface area contributed by atoms with E-state index in [9.17, 15) is 35.1 Å². The van der Waals surface area contributed by atoms with E-state index in [4.69, 9.17) is 14.2 Å². The van der Waals surface area contributed by atoms with Gasteiger partial charge in [0.1, 0.15) is 24.4 Å². The number of carbonyl (C=O) groups is 2. The van der Waals surface area contributed by atoms with E-state index in [2.05, 4.69) is 43.5 Å². The number of aliphatic hydroxyl groups excluding tert-OH is 5. The summed E-state index contributed by atoms with van der Waals surface area (Å²) in [6.45, 7) is 4.21. The summed E-state index contributed by atoms with van der Waals surface area (Å²) in [6.07, 6.45) is 49.4. The average Bonchev–Trinajstić information content (AvgIpc) is 3.34. The number of rotatable bonds is 48. The maximum absolute atomic E-state index is 12.9. The standard InChI is InChI=1S/C58H105NO10/c1-3-5-7-9-11-13-14-15-16-17-18-19-20-23-26-30-34-38-42-46-54(63)67-47-43-39-35-31-27-24-21-22-25-29-33-37-41-45-53(62)59-50(51(61)44-40-36-32-28-12-10-8-6-4-2)49-68-58-57(66)56(65)55(64)52(48-60)69-58/h15-16,22,25,33,37,40,44,50-52,55-58,60-61,64-66H,3-14,17-21,23-24,26-32,34-36,38-39,41-43,45-49H2,1-2H3,(H,59,62)/b16-15-,25-22-,37-33-,44-40+. The molecule has 0 aromatic heterocycles. The van der Waals surface area contributed by atoms with Crippen LogP contribution in [0.2, 0.25) is 0 Å². The van der Waals surface area contributed by atoms with Gasteiger partial charge in [-0.25, -0.2) is 0 Å². The first-order valence-electron chi connectivity index (χ1n) is 28.4. The van der Waals surface area contributed by atoms with Crippen molar-refractivity contribution in [1.82, 2.24) is 5.32 Å². The Labute approximate surface area is 421 Å². The van der Waals surface area contributed by atoms with Crippen molar-refractivity contribution in [3.05, 3.63) is 48.6 Å². The zero-order valence-electron chi connectivity index (χ0n) is 44.0. The zero-order valence-corrected chi connectivity index (χ0v) is 44.0. The first-order chi connectivity index (χ1) is 33.7. The molecule has 6 N–H and O–H groups in total. The SMILES string of the molecule is CCCCCCCC/C=C\CCCCCCCCCCCC(=O)OCCCCCCCC/C=C\C/C=C\CCC(=O)NC(COC1OC(CO)C(O)C(O)C1O)C(O)/C=C/CCCCCCCCC. The normalized spacial score (nSPS) is 19.7. The predicted octanol–water partition coefficient (Wildman–Crippen LogP) is 12.5. The Bertz CT molecular complexity index is 1290. The summed E-state index contributed by atoms with van der Waals surface area (Å²) in [7, 11) is 0. The van der Waals surface area contributed by atoms with E-state index in [0.717, 1.165) is 70.6 Å². The molecule has 0 aromatic carbocycles. The molecule has 1 aliphatic rings. The van der Waals surface area contributed by atoms with Gasteiger partial charge in [-0.15, -0.1) is 0 Å². The van der Waals surface area contributed by atoms with Crippen LogP contribution in [0.15, 0.2) is 48.6 Å². The molecule has 7 atom stereocenters. The number of hydrogen-bond acceptors (Lipinski definition) is 10. The van der Waals surface area contributed by atoms with E-state index in [0.29, 0.717) is 19.4 Å². The summed E-state index contributed by atoms with van der Waals surface area (Å²) in [5, 5.41) is 54.0. The molecule has 11 heteroatoms. The molecule has 0 radical (unpaired) electrons. The summed E-state index contributed by atoms with van der Waals surface area (Å²) in [5.74, 6) is -0.306. The maximum atomic E-state index is 12.9. The molecule has 0 aliphatic carbocycles. The summed E-state index contributed by atoms with van der Waals surface area (Å²) in [5.41, 5.74) is 0. The van der Waals surface area contributed by atoms with Crippen molar-refractivity contribution in [2.75, 3.05) is 19.8 Å². The van der Waals surface area contributed by atoms with Crippen molar-refractivity contribution in [1.29, 1.82) is 0 Å². The van der Waals surface area contributed by atoms with E-state index in [1.54, 1.807) is 6.08 Å². The third-order valence-corrected chi connectivity index (χ3v) is 13.2. The Balaban J connectivity index is 2.10. The van der Waals surface area contributed by atoms with E-state index in [1.165, 1.54) is 141 Å². The number of ether oxygens (including phenoxy) is 3. The number of nitrogens with one attached hydrogen (secondary N) is 1. The molecule has 7 unspecified atom stereocenters. The van der Waals surface area contributed by atoms with Crippen LogP contribution in [0.3, 0.4) is 0 Å². The highest BCUT2D eigenvalue weighted by atomic mass is 16.7. The molecule has 402 valence electrons. The third-order valence-electron chi connectivity index (χ3n) is 13.2. The Morgan fingerprint density at radius 2 is 0.986 bits per heavy atom. The van der Waals surface area contributed by atoms with Crippen LogP contribution >= 0.6 is 0 Å². The van der Waals surface area contributed by atoms with Crippen LogP contribution in [0.25, 0.3) is 0 Å². The van der Waals surface area contributed by atoms with Gasteiger partial charge in [-0.2, -0.15) is 0 Å². The summed E-state index contributed by atoms with van der Waals surface area (Å²) in [4.78, 5) is 25.0. The van der Waals surface area contributed by atoms with Crippen LogP contribution in [0.1, 0.15) is 245 Å². The van der Waals surface area contributed by atoms with Gasteiger partial charge in [-0.3, -0.25) is 9.59 Å². The number of hydrogen-bond donors (Lipinski definition) is 6. The van der Waals surface area contributed by atoms with Crippen molar-refractivity contribution >= 4 is 11.9 Å². The van der Waals surface area contributed by atoms with Crippen molar-refractivity contribution in [2.45, 2.75) is 288 Å². The van der Waals surface area contributed by atoms with Gasteiger partial charge >= 0.3 is 5.97 Å². The van der Waals surface area contributed by atoms with Crippen molar-refractivity contribution in [3.63, 3.8) is 0 Å². The fraction of sp³-hybridized carbons (Fsp3) is 0.828. The second-order valence-electron chi connectivity index (χ2n) is 19.6. The number of unbranched alkanes of at least 4 members (excludes halogenated alkanes) is 28. The highest BCUT2D eigenvalue weighted by molar-refractivity contribution is 5.76. The number of esters is 1. The lowest BCUT2D eigenvalue weighted by Crippen LogP contribution is -2.60. The van der Waals surface area contributed by atoms with Gasteiger partial charge in [-0.05, 0) is 77.0 Å². The van der Waals surface area contributed by atoms with Crippen molar-refractivity contribution < 1.29 is 49.3 Å².